The van der Waals surface area contributed by atoms with Gasteiger partial charge in [-0.15, -0.1) is 0 Å². The lowest BCUT2D eigenvalue weighted by atomic mass is 10.1. The van der Waals surface area contributed by atoms with E-state index in [0.29, 0.717) is 17.9 Å². The average Bonchev–Trinajstić information content (AvgIpc) is 2.63. The van der Waals surface area contributed by atoms with Crippen molar-refractivity contribution in [1.29, 1.82) is 0 Å². The molecule has 6 nitrogen and oxygen atoms in total. The molecule has 2 amide bonds. The van der Waals surface area contributed by atoms with Crippen molar-refractivity contribution in [2.45, 2.75) is 20.8 Å². The van der Waals surface area contributed by atoms with Gasteiger partial charge in [-0.2, -0.15) is 5.10 Å². The van der Waals surface area contributed by atoms with Crippen LogP contribution in [-0.2, 0) is 4.79 Å². The second kappa shape index (κ2) is 9.36. The summed E-state index contributed by atoms with van der Waals surface area (Å²) in [5.74, 6) is -0.0164. The highest BCUT2D eigenvalue weighted by Gasteiger charge is 2.08. The Morgan fingerprint density at radius 1 is 1.12 bits per heavy atom. The third-order valence-electron chi connectivity index (χ3n) is 3.79. The summed E-state index contributed by atoms with van der Waals surface area (Å²) >= 11 is 0. The SMILES string of the molecule is CCOc1ccccc1/C=N/NC(=O)CNC(=O)c1ccc(C)c(C)c1. The number of hydrazone groups is 1. The number of nitrogens with zero attached hydrogens (tertiary/aromatic N) is 1. The summed E-state index contributed by atoms with van der Waals surface area (Å²) in [6, 6.07) is 12.8. The molecule has 0 spiro atoms. The van der Waals surface area contributed by atoms with E-state index in [4.69, 9.17) is 4.74 Å². The van der Waals surface area contributed by atoms with Gasteiger partial charge in [0.25, 0.3) is 11.8 Å². The van der Waals surface area contributed by atoms with Gasteiger partial charge in [0.2, 0.25) is 0 Å². The van der Waals surface area contributed by atoms with Crippen LogP contribution in [0.1, 0.15) is 34.0 Å². The molecule has 0 saturated carbocycles. The molecule has 0 heterocycles. The zero-order chi connectivity index (χ0) is 18.9. The van der Waals surface area contributed by atoms with Crippen molar-refractivity contribution in [3.63, 3.8) is 0 Å². The molecule has 0 aliphatic heterocycles. The summed E-state index contributed by atoms with van der Waals surface area (Å²) in [6.45, 7) is 6.20. The van der Waals surface area contributed by atoms with Crippen LogP contribution in [0.3, 0.4) is 0 Å². The molecule has 0 bridgehead atoms. The summed E-state index contributed by atoms with van der Waals surface area (Å²) in [6.07, 6.45) is 1.51. The Balaban J connectivity index is 1.85. The zero-order valence-corrected chi connectivity index (χ0v) is 15.2. The summed E-state index contributed by atoms with van der Waals surface area (Å²) in [5, 5.41) is 6.48. The van der Waals surface area contributed by atoms with Crippen LogP contribution in [0.5, 0.6) is 5.75 Å². The third-order valence-corrected chi connectivity index (χ3v) is 3.79. The first-order valence-electron chi connectivity index (χ1n) is 8.40. The molecule has 2 rings (SSSR count). The van der Waals surface area contributed by atoms with E-state index in [2.05, 4.69) is 15.8 Å². The minimum Gasteiger partial charge on any atom is -0.493 e. The number of para-hydroxylation sites is 1. The number of amides is 2. The van der Waals surface area contributed by atoms with Crippen LogP contribution in [-0.4, -0.2) is 31.2 Å². The highest BCUT2D eigenvalue weighted by Crippen LogP contribution is 2.15. The van der Waals surface area contributed by atoms with Crippen LogP contribution in [0, 0.1) is 13.8 Å². The molecular weight excluding hydrogens is 330 g/mol. The molecule has 0 aliphatic rings. The molecular formula is C20H23N3O3. The minimum atomic E-state index is -0.410. The van der Waals surface area contributed by atoms with E-state index < -0.39 is 5.91 Å². The van der Waals surface area contributed by atoms with Gasteiger partial charge in [0.15, 0.2) is 0 Å². The smallest absolute Gasteiger partial charge is 0.259 e. The number of rotatable bonds is 7. The zero-order valence-electron chi connectivity index (χ0n) is 15.2. The van der Waals surface area contributed by atoms with Crippen molar-refractivity contribution in [3.8, 4) is 5.75 Å². The molecule has 0 atom stereocenters. The summed E-state index contributed by atoms with van der Waals surface area (Å²) in [7, 11) is 0. The quantitative estimate of drug-likeness (QED) is 0.593. The number of carbonyl (C=O) groups is 2. The van der Waals surface area contributed by atoms with E-state index in [0.717, 1.165) is 16.7 Å². The Labute approximate surface area is 153 Å². The van der Waals surface area contributed by atoms with Gasteiger partial charge in [-0.3, -0.25) is 9.59 Å². The number of benzene rings is 2. The van der Waals surface area contributed by atoms with Crippen molar-refractivity contribution in [2.75, 3.05) is 13.2 Å². The standard InChI is InChI=1S/C20H23N3O3/c1-4-26-18-8-6-5-7-17(18)12-22-23-19(24)13-21-20(25)16-10-9-14(2)15(3)11-16/h5-12H,4,13H2,1-3H3,(H,21,25)(H,23,24)/b22-12+. The third kappa shape index (κ3) is 5.44. The van der Waals surface area contributed by atoms with Gasteiger partial charge in [0.05, 0.1) is 19.4 Å². The molecule has 136 valence electrons. The van der Waals surface area contributed by atoms with E-state index >= 15 is 0 Å². The number of carbonyl (C=O) groups excluding carboxylic acids is 2. The fraction of sp³-hybridized carbons (Fsp3) is 0.250. The lowest BCUT2D eigenvalue weighted by Gasteiger charge is -2.07. The molecule has 0 aromatic heterocycles. The normalized spacial score (nSPS) is 10.6. The Kier molecular flexibility index (Phi) is 6.91. The maximum absolute atomic E-state index is 12.1. The molecule has 0 aliphatic carbocycles. The van der Waals surface area contributed by atoms with Crippen LogP contribution < -0.4 is 15.5 Å². The van der Waals surface area contributed by atoms with Crippen LogP contribution in [0.15, 0.2) is 47.6 Å². The lowest BCUT2D eigenvalue weighted by Crippen LogP contribution is -2.34. The monoisotopic (exact) mass is 353 g/mol. The highest BCUT2D eigenvalue weighted by molar-refractivity contribution is 5.96. The number of nitrogens with one attached hydrogen (secondary N) is 2. The maximum Gasteiger partial charge on any atom is 0.259 e. The maximum atomic E-state index is 12.1. The molecule has 0 saturated heterocycles. The number of hydrogen-bond acceptors (Lipinski definition) is 4. The first-order valence-corrected chi connectivity index (χ1v) is 8.40. The number of hydrogen-bond donors (Lipinski definition) is 2. The van der Waals surface area contributed by atoms with E-state index in [1.165, 1.54) is 6.21 Å². The van der Waals surface area contributed by atoms with Crippen molar-refractivity contribution in [2.24, 2.45) is 5.10 Å². The van der Waals surface area contributed by atoms with Crippen molar-refractivity contribution < 1.29 is 14.3 Å². The summed E-state index contributed by atoms with van der Waals surface area (Å²) in [5.41, 5.74) is 5.81. The molecule has 0 radical (unpaired) electrons. The topological polar surface area (TPSA) is 79.8 Å². The van der Waals surface area contributed by atoms with Crippen molar-refractivity contribution in [3.05, 3.63) is 64.7 Å². The van der Waals surface area contributed by atoms with Gasteiger partial charge in [-0.1, -0.05) is 18.2 Å². The van der Waals surface area contributed by atoms with Crippen molar-refractivity contribution >= 4 is 18.0 Å². The summed E-state index contributed by atoms with van der Waals surface area (Å²) < 4.78 is 5.48. The fourth-order valence-corrected chi connectivity index (χ4v) is 2.23. The van der Waals surface area contributed by atoms with Gasteiger partial charge in [-0.25, -0.2) is 5.43 Å². The summed E-state index contributed by atoms with van der Waals surface area (Å²) in [4.78, 5) is 23.9. The molecule has 2 aromatic carbocycles. The van der Waals surface area contributed by atoms with Gasteiger partial charge >= 0.3 is 0 Å². The van der Waals surface area contributed by atoms with Crippen LogP contribution in [0.4, 0.5) is 0 Å². The van der Waals surface area contributed by atoms with Gasteiger partial charge in [0, 0.05) is 11.1 Å². The second-order valence-electron chi connectivity index (χ2n) is 5.75. The first kappa shape index (κ1) is 19.2. The fourth-order valence-electron chi connectivity index (χ4n) is 2.23. The molecule has 2 aromatic rings. The minimum absolute atomic E-state index is 0.157. The molecule has 6 heteroatoms. The number of aryl methyl sites for hydroxylation is 2. The second-order valence-corrected chi connectivity index (χ2v) is 5.75. The predicted octanol–water partition coefficient (Wildman–Crippen LogP) is 2.58. The predicted molar refractivity (Wildman–Crippen MR) is 102 cm³/mol. The molecule has 0 unspecified atom stereocenters. The Morgan fingerprint density at radius 2 is 1.88 bits per heavy atom. The molecule has 26 heavy (non-hydrogen) atoms. The molecule has 0 fully saturated rings. The Morgan fingerprint density at radius 3 is 2.62 bits per heavy atom. The van der Waals surface area contributed by atoms with Crippen LogP contribution in [0.25, 0.3) is 0 Å². The molecule has 2 N–H and O–H groups in total. The number of ether oxygens (including phenoxy) is 1. The van der Waals surface area contributed by atoms with E-state index in [9.17, 15) is 9.59 Å². The van der Waals surface area contributed by atoms with E-state index in [1.807, 2.05) is 51.1 Å². The van der Waals surface area contributed by atoms with E-state index in [1.54, 1.807) is 12.1 Å². The Bertz CT molecular complexity index is 816. The lowest BCUT2D eigenvalue weighted by molar-refractivity contribution is -0.120. The van der Waals surface area contributed by atoms with Gasteiger partial charge in [-0.05, 0) is 56.2 Å². The van der Waals surface area contributed by atoms with Crippen molar-refractivity contribution in [1.82, 2.24) is 10.7 Å². The van der Waals surface area contributed by atoms with Gasteiger partial charge < -0.3 is 10.1 Å². The van der Waals surface area contributed by atoms with Crippen LogP contribution in [0.2, 0.25) is 0 Å². The largest absolute Gasteiger partial charge is 0.493 e. The van der Waals surface area contributed by atoms with Crippen LogP contribution >= 0.6 is 0 Å². The first-order chi connectivity index (χ1) is 12.5. The van der Waals surface area contributed by atoms with Gasteiger partial charge in [0.1, 0.15) is 5.75 Å². The Hall–Kier alpha value is -3.15. The average molecular weight is 353 g/mol. The highest BCUT2D eigenvalue weighted by atomic mass is 16.5. The van der Waals surface area contributed by atoms with E-state index in [-0.39, 0.29) is 12.5 Å².